The van der Waals surface area contributed by atoms with Gasteiger partial charge in [0.15, 0.2) is 6.23 Å². The van der Waals surface area contributed by atoms with Gasteiger partial charge in [-0.05, 0) is 50.4 Å². The first kappa shape index (κ1) is 21.8. The highest BCUT2D eigenvalue weighted by molar-refractivity contribution is 9.10. The van der Waals surface area contributed by atoms with Gasteiger partial charge in [-0.3, -0.25) is 4.90 Å². The average Bonchev–Trinajstić information content (AvgIpc) is 3.10. The Hall–Kier alpha value is -0.920. The number of hydrogen-bond donors (Lipinski definition) is 2. The summed E-state index contributed by atoms with van der Waals surface area (Å²) in [6, 6.07) is 6.35. The molecule has 4 atom stereocenters. The first-order valence-corrected chi connectivity index (χ1v) is 10.6. The maximum absolute atomic E-state index is 11.0. The van der Waals surface area contributed by atoms with Gasteiger partial charge in [-0.25, -0.2) is 0 Å². The van der Waals surface area contributed by atoms with E-state index in [2.05, 4.69) is 71.4 Å². The third-order valence-electron chi connectivity index (χ3n) is 6.87. The van der Waals surface area contributed by atoms with Gasteiger partial charge in [0.05, 0.1) is 11.8 Å². The lowest BCUT2D eigenvalue weighted by Crippen LogP contribution is -2.62. The number of benzene rings is 1. The molecule has 0 aromatic heterocycles. The van der Waals surface area contributed by atoms with Crippen LogP contribution in [0, 0.1) is 5.41 Å². The molecule has 1 saturated heterocycles. The van der Waals surface area contributed by atoms with Crippen LogP contribution in [0.2, 0.25) is 0 Å². The van der Waals surface area contributed by atoms with Gasteiger partial charge in [0.2, 0.25) is 0 Å². The van der Waals surface area contributed by atoms with Gasteiger partial charge in [0.1, 0.15) is 6.10 Å². The number of anilines is 1. The Balaban J connectivity index is 2.27. The van der Waals surface area contributed by atoms with Crippen molar-refractivity contribution in [1.29, 1.82) is 0 Å². The smallest absolute Gasteiger partial charge is 0.160 e. The molecular formula is C22H33BrN2O3. The summed E-state index contributed by atoms with van der Waals surface area (Å²) < 4.78 is 6.79. The molecular weight excluding hydrogens is 420 g/mol. The van der Waals surface area contributed by atoms with Gasteiger partial charge < -0.3 is 19.8 Å². The molecule has 0 amide bonds. The summed E-state index contributed by atoms with van der Waals surface area (Å²) in [4.78, 5) is 4.48. The molecule has 2 N–H and O–H groups in total. The number of likely N-dealkylation sites (N-methyl/N-ethyl adjacent to an activating group) is 1. The van der Waals surface area contributed by atoms with E-state index in [1.165, 1.54) is 5.56 Å². The predicted molar refractivity (Wildman–Crippen MR) is 116 cm³/mol. The second kappa shape index (κ2) is 7.10. The zero-order chi connectivity index (χ0) is 21.1. The Morgan fingerprint density at radius 2 is 2.00 bits per heavy atom. The minimum atomic E-state index is -1.30. The van der Waals surface area contributed by atoms with Crippen LogP contribution in [0.15, 0.2) is 35.3 Å². The Morgan fingerprint density at radius 1 is 1.36 bits per heavy atom. The van der Waals surface area contributed by atoms with E-state index in [1.807, 2.05) is 6.08 Å². The molecule has 2 heterocycles. The zero-order valence-electron chi connectivity index (χ0n) is 17.7. The normalized spacial score (nSPS) is 27.5. The highest BCUT2D eigenvalue weighted by Gasteiger charge is 2.64. The lowest BCUT2D eigenvalue weighted by molar-refractivity contribution is -0.122. The summed E-state index contributed by atoms with van der Waals surface area (Å²) in [5.41, 5.74) is 0.576. The molecule has 1 aromatic carbocycles. The largest absolute Gasteiger partial charge is 0.388 e. The predicted octanol–water partition coefficient (Wildman–Crippen LogP) is 3.49. The van der Waals surface area contributed by atoms with E-state index in [0.29, 0.717) is 0 Å². The van der Waals surface area contributed by atoms with Crippen molar-refractivity contribution in [3.8, 4) is 0 Å². The summed E-state index contributed by atoms with van der Waals surface area (Å²) in [6.45, 7) is 12.8. The number of aliphatic hydroxyl groups excluding tert-OH is 1. The topological polar surface area (TPSA) is 56.2 Å². The van der Waals surface area contributed by atoms with Crippen molar-refractivity contribution in [3.05, 3.63) is 40.9 Å². The van der Waals surface area contributed by atoms with Crippen LogP contribution in [0.4, 0.5) is 5.69 Å². The van der Waals surface area contributed by atoms with Crippen molar-refractivity contribution in [2.24, 2.45) is 5.41 Å². The number of allylic oxidation sites excluding steroid dienone is 1. The molecule has 6 heteroatoms. The van der Waals surface area contributed by atoms with Crippen molar-refractivity contribution in [3.63, 3.8) is 0 Å². The standard InChI is InChI=1S/C22H33BrN2O3/c1-8-20(2,3)22-11-12-24(6)19(22)25(16-13-14(23)9-10-15(16)22)18(28-7)17(26)21(4,5)27/h8-10,13,17-19,26-27H,1,11-12H2,2-7H3/t17?,18?,19-,22-/m1/s1. The highest BCUT2D eigenvalue weighted by atomic mass is 79.9. The number of hydrogen-bond acceptors (Lipinski definition) is 5. The number of halogens is 1. The number of methoxy groups -OCH3 is 1. The lowest BCUT2D eigenvalue weighted by atomic mass is 9.60. The maximum Gasteiger partial charge on any atom is 0.160 e. The highest BCUT2D eigenvalue weighted by Crippen LogP contribution is 2.61. The molecule has 0 bridgehead atoms. The molecule has 1 aromatic rings. The van der Waals surface area contributed by atoms with Crippen molar-refractivity contribution >= 4 is 21.6 Å². The average molecular weight is 453 g/mol. The first-order chi connectivity index (χ1) is 12.9. The Morgan fingerprint density at radius 3 is 2.54 bits per heavy atom. The summed E-state index contributed by atoms with van der Waals surface area (Å²) in [6.07, 6.45) is 1.23. The van der Waals surface area contributed by atoms with Gasteiger partial charge >= 0.3 is 0 Å². The van der Waals surface area contributed by atoms with Crippen molar-refractivity contribution in [2.75, 3.05) is 25.6 Å². The molecule has 2 unspecified atom stereocenters. The minimum Gasteiger partial charge on any atom is -0.388 e. The van der Waals surface area contributed by atoms with Crippen LogP contribution in [-0.2, 0) is 10.2 Å². The number of rotatable bonds is 6. The number of likely N-dealkylation sites (tertiary alicyclic amines) is 1. The zero-order valence-corrected chi connectivity index (χ0v) is 19.3. The fourth-order valence-electron chi connectivity index (χ4n) is 5.14. The van der Waals surface area contributed by atoms with E-state index in [4.69, 9.17) is 4.74 Å². The number of nitrogens with zero attached hydrogens (tertiary/aromatic N) is 2. The first-order valence-electron chi connectivity index (χ1n) is 9.78. The molecule has 3 rings (SSSR count). The van der Waals surface area contributed by atoms with E-state index in [0.717, 1.165) is 23.1 Å². The van der Waals surface area contributed by atoms with Crippen molar-refractivity contribution in [2.45, 2.75) is 63.6 Å². The fourth-order valence-corrected chi connectivity index (χ4v) is 5.48. The van der Waals surface area contributed by atoms with Gasteiger partial charge in [-0.1, -0.05) is 41.9 Å². The van der Waals surface area contributed by atoms with Gasteiger partial charge in [-0.2, -0.15) is 0 Å². The molecule has 0 aliphatic carbocycles. The van der Waals surface area contributed by atoms with E-state index >= 15 is 0 Å². The van der Waals surface area contributed by atoms with Gasteiger partial charge in [0, 0.05) is 29.2 Å². The summed E-state index contributed by atoms with van der Waals surface area (Å²) in [7, 11) is 3.70. The third-order valence-corrected chi connectivity index (χ3v) is 7.36. The van der Waals surface area contributed by atoms with E-state index < -0.39 is 17.9 Å². The minimum absolute atomic E-state index is 0.0215. The molecule has 156 valence electrons. The Labute approximate surface area is 177 Å². The molecule has 2 aliphatic rings. The number of aliphatic hydroxyl groups is 2. The second-order valence-electron chi connectivity index (χ2n) is 9.29. The van der Waals surface area contributed by atoms with E-state index in [9.17, 15) is 10.2 Å². The lowest BCUT2D eigenvalue weighted by Gasteiger charge is -2.48. The monoisotopic (exact) mass is 452 g/mol. The molecule has 5 nitrogen and oxygen atoms in total. The van der Waals surface area contributed by atoms with Gasteiger partial charge in [-0.15, -0.1) is 6.58 Å². The van der Waals surface area contributed by atoms with E-state index in [1.54, 1.807) is 21.0 Å². The second-order valence-corrected chi connectivity index (χ2v) is 10.2. The molecule has 28 heavy (non-hydrogen) atoms. The maximum atomic E-state index is 11.0. The van der Waals surface area contributed by atoms with Crippen LogP contribution in [0.5, 0.6) is 0 Å². The summed E-state index contributed by atoms with van der Waals surface area (Å²) in [5, 5.41) is 21.5. The number of fused-ring (bicyclic) bond motifs is 3. The molecule has 1 fully saturated rings. The van der Waals surface area contributed by atoms with E-state index in [-0.39, 0.29) is 17.0 Å². The Kier molecular flexibility index (Phi) is 5.52. The van der Waals surface area contributed by atoms with Crippen LogP contribution in [-0.4, -0.2) is 59.9 Å². The molecule has 0 spiro atoms. The summed E-state index contributed by atoms with van der Waals surface area (Å²) >= 11 is 3.61. The summed E-state index contributed by atoms with van der Waals surface area (Å²) in [5.74, 6) is 0. The van der Waals surface area contributed by atoms with Gasteiger partial charge in [0.25, 0.3) is 0 Å². The SMILES string of the molecule is C=CC(C)(C)[C@@]12CCN(C)[C@@H]1N(C(OC)C(O)C(C)(C)O)c1cc(Br)ccc12. The van der Waals surface area contributed by atoms with Crippen LogP contribution in [0.25, 0.3) is 0 Å². The fraction of sp³-hybridized carbons (Fsp3) is 0.636. The Bertz CT molecular complexity index is 761. The number of ether oxygens (including phenoxy) is 1. The third kappa shape index (κ3) is 2.96. The van der Waals surface area contributed by atoms with Crippen LogP contribution in [0.1, 0.15) is 39.7 Å². The van der Waals surface area contributed by atoms with Crippen molar-refractivity contribution < 1.29 is 14.9 Å². The van der Waals surface area contributed by atoms with Crippen LogP contribution >= 0.6 is 15.9 Å². The molecule has 0 saturated carbocycles. The molecule has 2 aliphatic heterocycles. The van der Waals surface area contributed by atoms with Crippen LogP contribution in [0.3, 0.4) is 0 Å². The van der Waals surface area contributed by atoms with Crippen molar-refractivity contribution in [1.82, 2.24) is 4.90 Å². The van der Waals surface area contributed by atoms with Crippen LogP contribution < -0.4 is 4.90 Å². The quantitative estimate of drug-likeness (QED) is 0.646. The molecule has 0 radical (unpaired) electrons.